The lowest BCUT2D eigenvalue weighted by Gasteiger charge is -2.25. The monoisotopic (exact) mass is 271 g/mol. The molecule has 1 heterocycles. The Morgan fingerprint density at radius 3 is 2.76 bits per heavy atom. The van der Waals surface area contributed by atoms with Gasteiger partial charge in [0, 0.05) is 11.1 Å². The van der Waals surface area contributed by atoms with Gasteiger partial charge < -0.3 is 11.1 Å². The Balaban J connectivity index is 2.63. The van der Waals surface area contributed by atoms with Gasteiger partial charge in [-0.3, -0.25) is 4.79 Å². The van der Waals surface area contributed by atoms with Crippen molar-refractivity contribution in [2.45, 2.75) is 33.7 Å². The van der Waals surface area contributed by atoms with Crippen LogP contribution < -0.4 is 11.1 Å². The predicted molar refractivity (Wildman–Crippen MR) is 73.9 cm³/mol. The number of nitrogens with one attached hydrogen (secondary N) is 1. The zero-order valence-electron chi connectivity index (χ0n) is 10.2. The van der Waals surface area contributed by atoms with Crippen LogP contribution in [0.5, 0.6) is 0 Å². The molecule has 1 rings (SSSR count). The standard InChI is InChI=1S/C11H17N3OS2/c1-4-11(3,9(12)16)10(15)14-6-8-5-13-7(2)17-8/h5H,4,6H2,1-3H3,(H2,12,16)(H,14,15). The summed E-state index contributed by atoms with van der Waals surface area (Å²) < 4.78 is 0. The molecule has 1 aromatic rings. The molecule has 3 N–H and O–H groups in total. The quantitative estimate of drug-likeness (QED) is 0.801. The molecule has 1 amide bonds. The molecule has 6 heteroatoms. The van der Waals surface area contributed by atoms with Crippen LogP contribution in [0.4, 0.5) is 0 Å². The molecule has 0 bridgehead atoms. The molecule has 4 nitrogen and oxygen atoms in total. The van der Waals surface area contributed by atoms with Crippen molar-refractivity contribution in [3.63, 3.8) is 0 Å². The van der Waals surface area contributed by atoms with E-state index in [1.807, 2.05) is 13.8 Å². The van der Waals surface area contributed by atoms with Crippen molar-refractivity contribution in [1.29, 1.82) is 0 Å². The molecule has 0 saturated heterocycles. The Kier molecular flexibility index (Phi) is 4.59. The summed E-state index contributed by atoms with van der Waals surface area (Å²) in [7, 11) is 0. The molecule has 0 aliphatic heterocycles. The molecule has 1 unspecified atom stereocenters. The van der Waals surface area contributed by atoms with Crippen LogP contribution in [0.1, 0.15) is 30.2 Å². The highest BCUT2D eigenvalue weighted by molar-refractivity contribution is 7.80. The molecule has 0 aliphatic rings. The van der Waals surface area contributed by atoms with Gasteiger partial charge in [0.1, 0.15) is 0 Å². The van der Waals surface area contributed by atoms with E-state index in [-0.39, 0.29) is 10.9 Å². The highest BCUT2D eigenvalue weighted by Gasteiger charge is 2.34. The lowest BCUT2D eigenvalue weighted by molar-refractivity contribution is -0.127. The number of aryl methyl sites for hydroxylation is 1. The highest BCUT2D eigenvalue weighted by atomic mass is 32.1. The number of rotatable bonds is 5. The molecular formula is C11H17N3OS2. The number of aromatic nitrogens is 1. The van der Waals surface area contributed by atoms with Gasteiger partial charge in [0.2, 0.25) is 5.91 Å². The molecule has 0 saturated carbocycles. The van der Waals surface area contributed by atoms with Crippen molar-refractivity contribution in [3.05, 3.63) is 16.1 Å². The first-order valence-electron chi connectivity index (χ1n) is 5.39. The highest BCUT2D eigenvalue weighted by Crippen LogP contribution is 2.22. The molecule has 0 fully saturated rings. The third-order valence-corrected chi connectivity index (χ3v) is 4.21. The van der Waals surface area contributed by atoms with Gasteiger partial charge in [-0.05, 0) is 20.3 Å². The van der Waals surface area contributed by atoms with E-state index in [0.29, 0.717) is 13.0 Å². The zero-order valence-corrected chi connectivity index (χ0v) is 11.9. The SMILES string of the molecule is CCC(C)(C(=O)NCc1cnc(C)s1)C(N)=S. The van der Waals surface area contributed by atoms with E-state index >= 15 is 0 Å². The van der Waals surface area contributed by atoms with Gasteiger partial charge in [-0.2, -0.15) is 0 Å². The summed E-state index contributed by atoms with van der Waals surface area (Å²) in [6, 6.07) is 0. The van der Waals surface area contributed by atoms with E-state index in [4.69, 9.17) is 18.0 Å². The second-order valence-corrected chi connectivity index (χ2v) is 5.84. The van der Waals surface area contributed by atoms with E-state index in [9.17, 15) is 4.79 Å². The fourth-order valence-electron chi connectivity index (χ4n) is 1.30. The van der Waals surface area contributed by atoms with Gasteiger partial charge in [-0.25, -0.2) is 4.98 Å². The summed E-state index contributed by atoms with van der Waals surface area (Å²) >= 11 is 6.51. The van der Waals surface area contributed by atoms with Crippen LogP contribution in [-0.2, 0) is 11.3 Å². The third kappa shape index (κ3) is 3.23. The predicted octanol–water partition coefficient (Wildman–Crippen LogP) is 1.77. The smallest absolute Gasteiger partial charge is 0.233 e. The van der Waals surface area contributed by atoms with Crippen molar-refractivity contribution >= 4 is 34.5 Å². The fraction of sp³-hybridized carbons (Fsp3) is 0.545. The summed E-state index contributed by atoms with van der Waals surface area (Å²) in [5.41, 5.74) is 4.85. The van der Waals surface area contributed by atoms with Crippen LogP contribution in [-0.4, -0.2) is 15.9 Å². The lowest BCUT2D eigenvalue weighted by Crippen LogP contribution is -2.46. The van der Waals surface area contributed by atoms with Crippen LogP contribution in [0, 0.1) is 12.3 Å². The van der Waals surface area contributed by atoms with E-state index in [2.05, 4.69) is 10.3 Å². The summed E-state index contributed by atoms with van der Waals surface area (Å²) in [6.45, 7) is 6.07. The van der Waals surface area contributed by atoms with Crippen LogP contribution in [0.3, 0.4) is 0 Å². The lowest BCUT2D eigenvalue weighted by atomic mass is 9.86. The van der Waals surface area contributed by atoms with E-state index in [0.717, 1.165) is 9.88 Å². The molecule has 0 aromatic carbocycles. The molecule has 0 radical (unpaired) electrons. The molecular weight excluding hydrogens is 254 g/mol. The summed E-state index contributed by atoms with van der Waals surface area (Å²) in [5, 5.41) is 3.84. The average Bonchev–Trinajstić information content (AvgIpc) is 2.70. The van der Waals surface area contributed by atoms with Crippen molar-refractivity contribution < 1.29 is 4.79 Å². The first-order valence-corrected chi connectivity index (χ1v) is 6.62. The van der Waals surface area contributed by atoms with Gasteiger partial charge in [-0.1, -0.05) is 19.1 Å². The minimum absolute atomic E-state index is 0.126. The maximum Gasteiger partial charge on any atom is 0.233 e. The average molecular weight is 271 g/mol. The van der Waals surface area contributed by atoms with Crippen LogP contribution in [0.15, 0.2) is 6.20 Å². The Labute approximate surface area is 111 Å². The summed E-state index contributed by atoms with van der Waals surface area (Å²) in [5.74, 6) is -0.126. The Morgan fingerprint density at radius 1 is 1.71 bits per heavy atom. The van der Waals surface area contributed by atoms with Gasteiger partial charge >= 0.3 is 0 Å². The zero-order chi connectivity index (χ0) is 13.1. The third-order valence-electron chi connectivity index (χ3n) is 2.84. The molecule has 1 atom stereocenters. The Morgan fingerprint density at radius 2 is 2.35 bits per heavy atom. The Hall–Kier alpha value is -1.01. The number of hydrogen-bond acceptors (Lipinski definition) is 4. The maximum atomic E-state index is 12.0. The number of amides is 1. The largest absolute Gasteiger partial charge is 0.392 e. The molecule has 94 valence electrons. The summed E-state index contributed by atoms with van der Waals surface area (Å²) in [6.07, 6.45) is 2.36. The van der Waals surface area contributed by atoms with Crippen LogP contribution in [0.2, 0.25) is 0 Å². The van der Waals surface area contributed by atoms with Crippen molar-refractivity contribution in [2.75, 3.05) is 0 Å². The number of thiocarbonyl (C=S) groups is 1. The van der Waals surface area contributed by atoms with Gasteiger partial charge in [0.05, 0.1) is 22.0 Å². The minimum atomic E-state index is -0.769. The van der Waals surface area contributed by atoms with Gasteiger partial charge in [0.15, 0.2) is 0 Å². The number of carbonyl (C=O) groups excluding carboxylic acids is 1. The van der Waals surface area contributed by atoms with Gasteiger partial charge in [-0.15, -0.1) is 11.3 Å². The van der Waals surface area contributed by atoms with E-state index < -0.39 is 5.41 Å². The maximum absolute atomic E-state index is 12.0. The van der Waals surface area contributed by atoms with Crippen molar-refractivity contribution in [1.82, 2.24) is 10.3 Å². The normalized spacial score (nSPS) is 14.1. The first-order chi connectivity index (χ1) is 7.90. The number of hydrogen-bond donors (Lipinski definition) is 2. The van der Waals surface area contributed by atoms with Crippen LogP contribution in [0.25, 0.3) is 0 Å². The fourth-order valence-corrected chi connectivity index (χ4v) is 2.27. The second kappa shape index (κ2) is 5.55. The van der Waals surface area contributed by atoms with Crippen molar-refractivity contribution in [2.24, 2.45) is 11.1 Å². The number of carbonyl (C=O) groups is 1. The molecule has 17 heavy (non-hydrogen) atoms. The molecule has 0 spiro atoms. The molecule has 0 aliphatic carbocycles. The van der Waals surface area contributed by atoms with Gasteiger partial charge in [0.25, 0.3) is 0 Å². The van der Waals surface area contributed by atoms with E-state index in [1.54, 1.807) is 24.5 Å². The minimum Gasteiger partial charge on any atom is -0.392 e. The molecule has 1 aromatic heterocycles. The first kappa shape index (κ1) is 14.1. The Bertz CT molecular complexity index is 430. The topological polar surface area (TPSA) is 68.0 Å². The van der Waals surface area contributed by atoms with E-state index in [1.165, 1.54) is 0 Å². The number of thiazole rings is 1. The van der Waals surface area contributed by atoms with Crippen LogP contribution >= 0.6 is 23.6 Å². The summed E-state index contributed by atoms with van der Waals surface area (Å²) in [4.78, 5) is 17.4. The number of nitrogens with two attached hydrogens (primary N) is 1. The van der Waals surface area contributed by atoms with Crippen molar-refractivity contribution in [3.8, 4) is 0 Å². The number of nitrogens with zero attached hydrogens (tertiary/aromatic N) is 1. The second-order valence-electron chi connectivity index (χ2n) is 4.08.